The molecule has 2 aromatic carbocycles. The molecule has 0 atom stereocenters. The van der Waals surface area contributed by atoms with Gasteiger partial charge in [-0.05, 0) is 5.56 Å². The molecule has 0 radical (unpaired) electrons. The minimum atomic E-state index is -0.360. The Kier molecular flexibility index (Phi) is 6.84. The quantitative estimate of drug-likeness (QED) is 0.754. The van der Waals surface area contributed by atoms with Crippen LogP contribution in [0, 0.1) is 0 Å². The standard InChI is InChI=1S/C19H22N2O5/c1-24-15-10-14(11-16(25-2)19(15)26-3)21-18(23)12-20-17(22)9-13-7-5-4-6-8-13/h4-8,10-11H,9,12H2,1-3H3,(H,20,22)(H,21,23). The molecule has 7 nitrogen and oxygen atoms in total. The Balaban J connectivity index is 1.94. The summed E-state index contributed by atoms with van der Waals surface area (Å²) in [6.45, 7) is -0.137. The Bertz CT molecular complexity index is 737. The largest absolute Gasteiger partial charge is 0.493 e. The van der Waals surface area contributed by atoms with Crippen molar-refractivity contribution in [3.05, 3.63) is 48.0 Å². The number of benzene rings is 2. The highest BCUT2D eigenvalue weighted by atomic mass is 16.5. The molecule has 0 aromatic heterocycles. The first-order valence-electron chi connectivity index (χ1n) is 7.97. The summed E-state index contributed by atoms with van der Waals surface area (Å²) in [6.07, 6.45) is 0.221. The van der Waals surface area contributed by atoms with Gasteiger partial charge in [-0.3, -0.25) is 9.59 Å². The first-order valence-corrected chi connectivity index (χ1v) is 7.97. The first kappa shape index (κ1) is 19.1. The summed E-state index contributed by atoms with van der Waals surface area (Å²) in [7, 11) is 4.49. The summed E-state index contributed by atoms with van der Waals surface area (Å²) >= 11 is 0. The van der Waals surface area contributed by atoms with E-state index in [-0.39, 0.29) is 24.8 Å². The van der Waals surface area contributed by atoms with Gasteiger partial charge >= 0.3 is 0 Å². The summed E-state index contributed by atoms with van der Waals surface area (Å²) in [4.78, 5) is 24.0. The molecule has 0 fully saturated rings. The fourth-order valence-corrected chi connectivity index (χ4v) is 2.38. The normalized spacial score (nSPS) is 9.96. The lowest BCUT2D eigenvalue weighted by Gasteiger charge is -2.14. The fraction of sp³-hybridized carbons (Fsp3) is 0.263. The van der Waals surface area contributed by atoms with E-state index in [0.29, 0.717) is 22.9 Å². The molecule has 0 aliphatic carbocycles. The molecular weight excluding hydrogens is 336 g/mol. The topological polar surface area (TPSA) is 85.9 Å². The Morgan fingerprint density at radius 2 is 1.50 bits per heavy atom. The van der Waals surface area contributed by atoms with Crippen molar-refractivity contribution in [1.29, 1.82) is 0 Å². The van der Waals surface area contributed by atoms with Crippen LogP contribution in [0.1, 0.15) is 5.56 Å². The van der Waals surface area contributed by atoms with Crippen LogP contribution in [0.5, 0.6) is 17.2 Å². The van der Waals surface area contributed by atoms with E-state index in [1.54, 1.807) is 12.1 Å². The number of carbonyl (C=O) groups excluding carboxylic acids is 2. The lowest BCUT2D eigenvalue weighted by molar-refractivity contribution is -0.123. The van der Waals surface area contributed by atoms with E-state index in [9.17, 15) is 9.59 Å². The lowest BCUT2D eigenvalue weighted by atomic mass is 10.1. The molecule has 0 saturated carbocycles. The third-order valence-corrected chi connectivity index (χ3v) is 3.60. The molecule has 2 N–H and O–H groups in total. The van der Waals surface area contributed by atoms with E-state index in [4.69, 9.17) is 14.2 Å². The summed E-state index contributed by atoms with van der Waals surface area (Å²) in [5, 5.41) is 5.29. The number of carbonyl (C=O) groups is 2. The van der Waals surface area contributed by atoms with Crippen LogP contribution in [-0.4, -0.2) is 39.7 Å². The molecule has 2 aromatic rings. The number of ether oxygens (including phenoxy) is 3. The molecular formula is C19H22N2O5. The number of rotatable bonds is 8. The van der Waals surface area contributed by atoms with Crippen molar-refractivity contribution < 1.29 is 23.8 Å². The second-order valence-electron chi connectivity index (χ2n) is 5.40. The zero-order valence-electron chi connectivity index (χ0n) is 15.0. The average molecular weight is 358 g/mol. The van der Waals surface area contributed by atoms with Crippen molar-refractivity contribution in [3.8, 4) is 17.2 Å². The predicted molar refractivity (Wildman–Crippen MR) is 97.9 cm³/mol. The van der Waals surface area contributed by atoms with Gasteiger partial charge in [-0.15, -0.1) is 0 Å². The van der Waals surface area contributed by atoms with Gasteiger partial charge in [0.05, 0.1) is 34.3 Å². The van der Waals surface area contributed by atoms with Crippen LogP contribution in [0.4, 0.5) is 5.69 Å². The zero-order chi connectivity index (χ0) is 18.9. The van der Waals surface area contributed by atoms with Gasteiger partial charge in [0.2, 0.25) is 17.6 Å². The second-order valence-corrected chi connectivity index (χ2v) is 5.40. The number of nitrogens with one attached hydrogen (secondary N) is 2. The Morgan fingerprint density at radius 1 is 0.885 bits per heavy atom. The average Bonchev–Trinajstić information content (AvgIpc) is 2.66. The Hall–Kier alpha value is -3.22. The van der Waals surface area contributed by atoms with Gasteiger partial charge in [-0.1, -0.05) is 30.3 Å². The van der Waals surface area contributed by atoms with Crippen molar-refractivity contribution in [3.63, 3.8) is 0 Å². The molecule has 0 bridgehead atoms. The van der Waals surface area contributed by atoms with Gasteiger partial charge in [0, 0.05) is 17.8 Å². The highest BCUT2D eigenvalue weighted by Gasteiger charge is 2.14. The number of anilines is 1. The number of hydrogen-bond acceptors (Lipinski definition) is 5. The molecule has 2 rings (SSSR count). The van der Waals surface area contributed by atoms with Crippen LogP contribution in [0.25, 0.3) is 0 Å². The maximum absolute atomic E-state index is 12.1. The Labute approximate surface area is 152 Å². The first-order chi connectivity index (χ1) is 12.6. The monoisotopic (exact) mass is 358 g/mol. The zero-order valence-corrected chi connectivity index (χ0v) is 15.0. The maximum Gasteiger partial charge on any atom is 0.243 e. The highest BCUT2D eigenvalue weighted by Crippen LogP contribution is 2.39. The summed E-state index contributed by atoms with van der Waals surface area (Å²) < 4.78 is 15.7. The molecule has 0 aliphatic rings. The van der Waals surface area contributed by atoms with Gasteiger partial charge in [0.25, 0.3) is 0 Å². The van der Waals surface area contributed by atoms with Crippen LogP contribution in [0.3, 0.4) is 0 Å². The molecule has 138 valence electrons. The molecule has 7 heteroatoms. The molecule has 0 spiro atoms. The molecule has 0 unspecified atom stereocenters. The van der Waals surface area contributed by atoms with Crippen molar-refractivity contribution in [2.45, 2.75) is 6.42 Å². The van der Waals surface area contributed by atoms with Crippen LogP contribution >= 0.6 is 0 Å². The van der Waals surface area contributed by atoms with Crippen LogP contribution in [0.15, 0.2) is 42.5 Å². The van der Waals surface area contributed by atoms with Crippen LogP contribution in [0.2, 0.25) is 0 Å². The molecule has 0 heterocycles. The van der Waals surface area contributed by atoms with E-state index in [1.807, 2.05) is 30.3 Å². The second kappa shape index (κ2) is 9.31. The predicted octanol–water partition coefficient (Wildman–Crippen LogP) is 2.01. The van der Waals surface area contributed by atoms with Crippen molar-refractivity contribution >= 4 is 17.5 Å². The van der Waals surface area contributed by atoms with E-state index in [1.165, 1.54) is 21.3 Å². The fourth-order valence-electron chi connectivity index (χ4n) is 2.38. The third-order valence-electron chi connectivity index (χ3n) is 3.60. The van der Waals surface area contributed by atoms with Gasteiger partial charge in [-0.2, -0.15) is 0 Å². The van der Waals surface area contributed by atoms with E-state index < -0.39 is 0 Å². The highest BCUT2D eigenvalue weighted by molar-refractivity contribution is 5.95. The molecule has 0 saturated heterocycles. The van der Waals surface area contributed by atoms with Gasteiger partial charge < -0.3 is 24.8 Å². The number of hydrogen-bond donors (Lipinski definition) is 2. The van der Waals surface area contributed by atoms with Gasteiger partial charge in [-0.25, -0.2) is 0 Å². The van der Waals surface area contributed by atoms with E-state index in [0.717, 1.165) is 5.56 Å². The van der Waals surface area contributed by atoms with Gasteiger partial charge in [0.15, 0.2) is 11.5 Å². The van der Waals surface area contributed by atoms with E-state index in [2.05, 4.69) is 10.6 Å². The third kappa shape index (κ3) is 5.14. The number of amides is 2. The summed E-state index contributed by atoms with van der Waals surface area (Å²) in [6, 6.07) is 12.5. The van der Waals surface area contributed by atoms with Crippen molar-refractivity contribution in [2.24, 2.45) is 0 Å². The molecule has 2 amide bonds. The minimum absolute atomic E-state index is 0.137. The van der Waals surface area contributed by atoms with Gasteiger partial charge in [0.1, 0.15) is 0 Å². The summed E-state index contributed by atoms with van der Waals surface area (Å²) in [5.41, 5.74) is 1.36. The molecule has 26 heavy (non-hydrogen) atoms. The maximum atomic E-state index is 12.1. The number of methoxy groups -OCH3 is 3. The van der Waals surface area contributed by atoms with Crippen LogP contribution in [-0.2, 0) is 16.0 Å². The smallest absolute Gasteiger partial charge is 0.243 e. The Morgan fingerprint density at radius 3 is 2.04 bits per heavy atom. The van der Waals surface area contributed by atoms with Crippen LogP contribution < -0.4 is 24.8 Å². The van der Waals surface area contributed by atoms with Crippen molar-refractivity contribution in [1.82, 2.24) is 5.32 Å². The lowest BCUT2D eigenvalue weighted by Crippen LogP contribution is -2.33. The SMILES string of the molecule is COc1cc(NC(=O)CNC(=O)Cc2ccccc2)cc(OC)c1OC. The molecule has 0 aliphatic heterocycles. The van der Waals surface area contributed by atoms with E-state index >= 15 is 0 Å². The van der Waals surface area contributed by atoms with Crippen molar-refractivity contribution in [2.75, 3.05) is 33.2 Å². The summed E-state index contributed by atoms with van der Waals surface area (Å²) in [5.74, 6) is 0.701. The minimum Gasteiger partial charge on any atom is -0.493 e.